The summed E-state index contributed by atoms with van der Waals surface area (Å²) in [7, 11) is 0. The van der Waals surface area contributed by atoms with Gasteiger partial charge in [-0.15, -0.1) is 11.3 Å². The zero-order valence-electron chi connectivity index (χ0n) is 6.73. The number of fused-ring (bicyclic) bond motifs is 1. The number of halogens is 1. The Balaban J connectivity index is 2.92. The Kier molecular flexibility index (Phi) is 2.16. The molecule has 0 spiro atoms. The highest BCUT2D eigenvalue weighted by Gasteiger charge is 2.18. The van der Waals surface area contributed by atoms with E-state index in [1.165, 1.54) is 23.5 Å². The summed E-state index contributed by atoms with van der Waals surface area (Å²) < 4.78 is 1.17. The molecule has 0 bridgehead atoms. The number of hydrogen-bond donors (Lipinski definition) is 1. The molecule has 6 heteroatoms. The Labute approximate surface area is 91.1 Å². The number of nitro groups is 1. The number of aromatic hydroxyl groups is 1. The van der Waals surface area contributed by atoms with Crippen molar-refractivity contribution in [2.24, 2.45) is 0 Å². The van der Waals surface area contributed by atoms with E-state index < -0.39 is 4.92 Å². The Bertz CT molecular complexity index is 523. The van der Waals surface area contributed by atoms with Crippen LogP contribution in [-0.4, -0.2) is 10.0 Å². The fourth-order valence-corrected chi connectivity index (χ4v) is 2.91. The number of phenols is 1. The minimum Gasteiger partial charge on any atom is -0.506 e. The first-order valence-corrected chi connectivity index (χ1v) is 5.31. The number of rotatable bonds is 1. The number of hydrogen-bond acceptors (Lipinski definition) is 4. The van der Waals surface area contributed by atoms with Gasteiger partial charge in [0, 0.05) is 15.9 Å². The van der Waals surface area contributed by atoms with Crippen LogP contribution in [0, 0.1) is 10.1 Å². The lowest BCUT2D eigenvalue weighted by molar-refractivity contribution is -0.383. The van der Waals surface area contributed by atoms with E-state index in [4.69, 9.17) is 0 Å². The molecule has 0 aliphatic heterocycles. The van der Waals surface area contributed by atoms with Gasteiger partial charge in [-0.3, -0.25) is 10.1 Å². The quantitative estimate of drug-likeness (QED) is 0.641. The number of nitro benzene ring substituents is 1. The lowest BCUT2D eigenvalue weighted by Crippen LogP contribution is -1.87. The minimum atomic E-state index is -0.459. The molecule has 14 heavy (non-hydrogen) atoms. The van der Waals surface area contributed by atoms with Crippen molar-refractivity contribution < 1.29 is 10.0 Å². The average molecular weight is 274 g/mol. The molecular weight excluding hydrogens is 270 g/mol. The summed E-state index contributed by atoms with van der Waals surface area (Å²) in [6.07, 6.45) is 0. The van der Waals surface area contributed by atoms with Crippen LogP contribution in [-0.2, 0) is 0 Å². The summed E-state index contributed by atoms with van der Waals surface area (Å²) in [6.45, 7) is 0. The predicted molar refractivity (Wildman–Crippen MR) is 57.8 cm³/mol. The fourth-order valence-electron chi connectivity index (χ4n) is 1.23. The molecule has 0 saturated heterocycles. The van der Waals surface area contributed by atoms with Crippen LogP contribution in [0.4, 0.5) is 5.69 Å². The summed E-state index contributed by atoms with van der Waals surface area (Å²) in [5.74, 6) is 0.0706. The van der Waals surface area contributed by atoms with Gasteiger partial charge in [-0.1, -0.05) is 0 Å². The van der Waals surface area contributed by atoms with E-state index in [-0.39, 0.29) is 11.4 Å². The number of nitrogens with zero attached hydrogens (tertiary/aromatic N) is 1. The van der Waals surface area contributed by atoms with Crippen LogP contribution in [0.25, 0.3) is 10.1 Å². The van der Waals surface area contributed by atoms with Crippen molar-refractivity contribution in [3.8, 4) is 5.75 Å². The van der Waals surface area contributed by atoms with E-state index in [1.54, 1.807) is 5.38 Å². The van der Waals surface area contributed by atoms with Crippen LogP contribution >= 0.6 is 27.3 Å². The summed E-state index contributed by atoms with van der Waals surface area (Å²) in [5, 5.41) is 22.3. The van der Waals surface area contributed by atoms with Crippen LogP contribution in [0.15, 0.2) is 22.0 Å². The molecule has 4 nitrogen and oxygen atoms in total. The van der Waals surface area contributed by atoms with Gasteiger partial charge in [-0.2, -0.15) is 0 Å². The van der Waals surface area contributed by atoms with E-state index in [0.717, 1.165) is 0 Å². The highest BCUT2D eigenvalue weighted by atomic mass is 79.9. The number of phenolic OH excluding ortho intramolecular Hbond substituents is 1. The third-order valence-corrected chi connectivity index (χ3v) is 3.76. The standard InChI is InChI=1S/C8H4BrNO3S/c9-4-3-14-8-6(11)2-1-5(7(4)8)10(12)13/h1-3,11H. The Morgan fingerprint density at radius 3 is 2.86 bits per heavy atom. The molecule has 0 aliphatic carbocycles. The van der Waals surface area contributed by atoms with Gasteiger partial charge >= 0.3 is 0 Å². The summed E-state index contributed by atoms with van der Waals surface area (Å²) >= 11 is 4.49. The van der Waals surface area contributed by atoms with E-state index in [9.17, 15) is 15.2 Å². The molecular formula is C8H4BrNO3S. The van der Waals surface area contributed by atoms with E-state index in [2.05, 4.69) is 15.9 Å². The Hall–Kier alpha value is -1.14. The third-order valence-electron chi connectivity index (χ3n) is 1.83. The molecule has 0 atom stereocenters. The summed E-state index contributed by atoms with van der Waals surface area (Å²) in [5.41, 5.74) is 0.00549. The first-order chi connectivity index (χ1) is 6.61. The van der Waals surface area contributed by atoms with Crippen molar-refractivity contribution in [1.29, 1.82) is 0 Å². The van der Waals surface area contributed by atoms with E-state index in [1.807, 2.05) is 0 Å². The van der Waals surface area contributed by atoms with Gasteiger partial charge in [-0.05, 0) is 22.0 Å². The Morgan fingerprint density at radius 1 is 1.50 bits per heavy atom. The zero-order chi connectivity index (χ0) is 10.3. The van der Waals surface area contributed by atoms with Crippen LogP contribution in [0.2, 0.25) is 0 Å². The first kappa shape index (κ1) is 9.42. The summed E-state index contributed by atoms with van der Waals surface area (Å²) in [6, 6.07) is 2.64. The third kappa shape index (κ3) is 1.27. The molecule has 1 N–H and O–H groups in total. The predicted octanol–water partition coefficient (Wildman–Crippen LogP) is 3.28. The molecule has 2 rings (SSSR count). The van der Waals surface area contributed by atoms with Crippen LogP contribution in [0.1, 0.15) is 0 Å². The van der Waals surface area contributed by atoms with E-state index >= 15 is 0 Å². The van der Waals surface area contributed by atoms with Gasteiger partial charge < -0.3 is 5.11 Å². The normalized spacial score (nSPS) is 10.6. The highest BCUT2D eigenvalue weighted by Crippen LogP contribution is 2.41. The van der Waals surface area contributed by atoms with E-state index in [0.29, 0.717) is 14.6 Å². The van der Waals surface area contributed by atoms with Crippen molar-refractivity contribution in [1.82, 2.24) is 0 Å². The second-order valence-corrected chi connectivity index (χ2v) is 4.38. The van der Waals surface area contributed by atoms with Crippen molar-refractivity contribution in [2.75, 3.05) is 0 Å². The molecule has 1 heterocycles. The molecule has 1 aromatic heterocycles. The first-order valence-electron chi connectivity index (χ1n) is 3.64. The second-order valence-electron chi connectivity index (χ2n) is 2.65. The number of thiophene rings is 1. The molecule has 1 aromatic carbocycles. The summed E-state index contributed by atoms with van der Waals surface area (Å²) in [4.78, 5) is 10.2. The maximum Gasteiger partial charge on any atom is 0.279 e. The SMILES string of the molecule is O=[N+]([O-])c1ccc(O)c2scc(Br)c12. The second kappa shape index (κ2) is 3.21. The monoisotopic (exact) mass is 273 g/mol. The molecule has 0 fully saturated rings. The minimum absolute atomic E-state index is 0.00549. The lowest BCUT2D eigenvalue weighted by atomic mass is 10.2. The number of non-ortho nitro benzene ring substituents is 1. The molecule has 72 valence electrons. The van der Waals surface area contributed by atoms with Gasteiger partial charge in [0.2, 0.25) is 0 Å². The molecule has 0 radical (unpaired) electrons. The van der Waals surface area contributed by atoms with Crippen LogP contribution < -0.4 is 0 Å². The smallest absolute Gasteiger partial charge is 0.279 e. The Morgan fingerprint density at radius 2 is 2.21 bits per heavy atom. The zero-order valence-corrected chi connectivity index (χ0v) is 9.13. The molecule has 0 amide bonds. The van der Waals surface area contributed by atoms with Gasteiger partial charge in [0.05, 0.1) is 15.0 Å². The largest absolute Gasteiger partial charge is 0.506 e. The van der Waals surface area contributed by atoms with Crippen molar-refractivity contribution >= 4 is 43.0 Å². The van der Waals surface area contributed by atoms with Crippen molar-refractivity contribution in [2.45, 2.75) is 0 Å². The van der Waals surface area contributed by atoms with Crippen LogP contribution in [0.5, 0.6) is 5.75 Å². The topological polar surface area (TPSA) is 63.4 Å². The van der Waals surface area contributed by atoms with Gasteiger partial charge in [0.1, 0.15) is 5.75 Å². The molecule has 2 aromatic rings. The highest BCUT2D eigenvalue weighted by molar-refractivity contribution is 9.10. The molecule has 0 aliphatic rings. The molecule has 0 unspecified atom stereocenters. The van der Waals surface area contributed by atoms with Crippen LogP contribution in [0.3, 0.4) is 0 Å². The van der Waals surface area contributed by atoms with Crippen molar-refractivity contribution in [3.05, 3.63) is 32.1 Å². The number of benzene rings is 1. The van der Waals surface area contributed by atoms with Crippen molar-refractivity contribution in [3.63, 3.8) is 0 Å². The average Bonchev–Trinajstić information content (AvgIpc) is 2.50. The maximum atomic E-state index is 10.7. The van der Waals surface area contributed by atoms with Gasteiger partial charge in [-0.25, -0.2) is 0 Å². The maximum absolute atomic E-state index is 10.7. The van der Waals surface area contributed by atoms with Gasteiger partial charge in [0.25, 0.3) is 5.69 Å². The van der Waals surface area contributed by atoms with Gasteiger partial charge in [0.15, 0.2) is 0 Å². The lowest BCUT2D eigenvalue weighted by Gasteiger charge is -1.96. The molecule has 0 saturated carbocycles. The fraction of sp³-hybridized carbons (Fsp3) is 0.